The Morgan fingerprint density at radius 1 is 0.850 bits per heavy atom. The van der Waals surface area contributed by atoms with Crippen molar-refractivity contribution in [2.45, 2.75) is 6.54 Å². The van der Waals surface area contributed by atoms with E-state index in [0.717, 1.165) is 32.7 Å². The highest BCUT2D eigenvalue weighted by atomic mass is 16.5. The van der Waals surface area contributed by atoms with E-state index in [4.69, 9.17) is 0 Å². The van der Waals surface area contributed by atoms with Crippen LogP contribution in [0.5, 0.6) is 0 Å². The smallest absolute Gasteiger partial charge is 0.0366 e. The van der Waals surface area contributed by atoms with Crippen molar-refractivity contribution >= 4 is 0 Å². The molecule has 106 valence electrons. The highest BCUT2D eigenvalue weighted by molar-refractivity contribution is 5.14. The average molecular weight is 271 g/mol. The lowest BCUT2D eigenvalue weighted by molar-refractivity contribution is -0.118. The van der Waals surface area contributed by atoms with E-state index in [9.17, 15) is 5.21 Å². The van der Waals surface area contributed by atoms with Gasteiger partial charge in [-0.2, -0.15) is 5.06 Å². The van der Waals surface area contributed by atoms with Gasteiger partial charge < -0.3 is 5.21 Å². The fourth-order valence-electron chi connectivity index (χ4n) is 2.05. The fourth-order valence-corrected chi connectivity index (χ4v) is 2.05. The molecule has 0 spiro atoms. The van der Waals surface area contributed by atoms with Crippen molar-refractivity contribution in [1.82, 2.24) is 14.9 Å². The summed E-state index contributed by atoms with van der Waals surface area (Å²) < 4.78 is 0. The number of pyridine rings is 1. The van der Waals surface area contributed by atoms with Gasteiger partial charge in [0, 0.05) is 45.1 Å². The number of aromatic nitrogens is 1. The van der Waals surface area contributed by atoms with Crippen molar-refractivity contribution in [3.63, 3.8) is 0 Å². The van der Waals surface area contributed by atoms with E-state index in [-0.39, 0.29) is 0 Å². The summed E-state index contributed by atoms with van der Waals surface area (Å²) in [5.41, 5.74) is 1.35. The van der Waals surface area contributed by atoms with E-state index in [1.807, 2.05) is 24.3 Å². The van der Waals surface area contributed by atoms with Gasteiger partial charge in [-0.25, -0.2) is 0 Å². The third-order valence-corrected chi connectivity index (χ3v) is 3.16. The van der Waals surface area contributed by atoms with Gasteiger partial charge in [-0.05, 0) is 17.7 Å². The van der Waals surface area contributed by atoms with Gasteiger partial charge in [0.2, 0.25) is 0 Å². The van der Waals surface area contributed by atoms with E-state index in [1.54, 1.807) is 12.4 Å². The van der Waals surface area contributed by atoms with Crippen LogP contribution in [0.15, 0.2) is 60.9 Å². The molecule has 1 aliphatic rings. The molecular weight excluding hydrogens is 250 g/mol. The molecule has 1 fully saturated rings. The van der Waals surface area contributed by atoms with Gasteiger partial charge in [-0.3, -0.25) is 9.88 Å². The van der Waals surface area contributed by atoms with Crippen molar-refractivity contribution in [1.29, 1.82) is 0 Å². The zero-order valence-corrected chi connectivity index (χ0v) is 11.6. The molecule has 4 heteroatoms. The molecule has 0 atom stereocenters. The van der Waals surface area contributed by atoms with Crippen molar-refractivity contribution < 1.29 is 5.21 Å². The minimum atomic E-state index is 0.757. The Labute approximate surface area is 120 Å². The summed E-state index contributed by atoms with van der Waals surface area (Å²) >= 11 is 0. The summed E-state index contributed by atoms with van der Waals surface area (Å²) in [7, 11) is 0. The first kappa shape index (κ1) is 14.7. The van der Waals surface area contributed by atoms with E-state index < -0.39 is 0 Å². The average Bonchev–Trinajstić information content (AvgIpc) is 2.53. The van der Waals surface area contributed by atoms with Crippen molar-refractivity contribution in [3.05, 3.63) is 66.5 Å². The van der Waals surface area contributed by atoms with E-state index in [2.05, 4.69) is 34.1 Å². The standard InChI is InChI=1S/C11H16N2O.C5H5N/c14-13-8-6-12(7-9-13)10-11-4-2-1-3-5-11;1-2-4-6-5-3-1/h1-5,14H,6-10H2;1-5H. The second-order valence-corrected chi connectivity index (χ2v) is 4.74. The zero-order valence-electron chi connectivity index (χ0n) is 11.6. The van der Waals surface area contributed by atoms with Crippen LogP contribution in [-0.4, -0.2) is 46.3 Å². The Hall–Kier alpha value is -1.75. The molecule has 1 N–H and O–H groups in total. The van der Waals surface area contributed by atoms with Crippen LogP contribution in [0.25, 0.3) is 0 Å². The summed E-state index contributed by atoms with van der Waals surface area (Å²) in [5.74, 6) is 0. The molecule has 20 heavy (non-hydrogen) atoms. The van der Waals surface area contributed by atoms with Crippen LogP contribution in [0.4, 0.5) is 0 Å². The molecule has 0 radical (unpaired) electrons. The van der Waals surface area contributed by atoms with Crippen LogP contribution in [0.1, 0.15) is 5.56 Å². The Bertz CT molecular complexity index is 429. The maximum atomic E-state index is 9.20. The number of rotatable bonds is 2. The topological polar surface area (TPSA) is 39.6 Å². The van der Waals surface area contributed by atoms with E-state index in [1.165, 1.54) is 10.6 Å². The Morgan fingerprint density at radius 2 is 1.45 bits per heavy atom. The molecule has 3 rings (SSSR count). The normalized spacial score (nSPS) is 16.2. The number of hydroxylamine groups is 2. The third kappa shape index (κ3) is 5.48. The minimum Gasteiger partial charge on any atom is -0.314 e. The number of hydrogen-bond acceptors (Lipinski definition) is 4. The van der Waals surface area contributed by atoms with Crippen molar-refractivity contribution in [2.24, 2.45) is 0 Å². The third-order valence-electron chi connectivity index (χ3n) is 3.16. The summed E-state index contributed by atoms with van der Waals surface area (Å²) in [6, 6.07) is 16.2. The van der Waals surface area contributed by atoms with Gasteiger partial charge in [0.1, 0.15) is 0 Å². The van der Waals surface area contributed by atoms with E-state index >= 15 is 0 Å². The summed E-state index contributed by atoms with van der Waals surface area (Å²) in [4.78, 5) is 6.15. The molecule has 0 unspecified atom stereocenters. The highest BCUT2D eigenvalue weighted by Crippen LogP contribution is 2.06. The molecule has 0 saturated carbocycles. The molecule has 0 amide bonds. The maximum absolute atomic E-state index is 9.20. The summed E-state index contributed by atoms with van der Waals surface area (Å²) in [6.45, 7) is 4.41. The first-order valence-electron chi connectivity index (χ1n) is 6.90. The first-order valence-corrected chi connectivity index (χ1v) is 6.90. The Kier molecular flexibility index (Phi) is 6.17. The lowest BCUT2D eigenvalue weighted by atomic mass is 10.2. The molecular formula is C16H21N3O. The molecule has 0 bridgehead atoms. The quantitative estimate of drug-likeness (QED) is 0.909. The molecule has 1 aliphatic heterocycles. The van der Waals surface area contributed by atoms with Crippen LogP contribution < -0.4 is 0 Å². The van der Waals surface area contributed by atoms with E-state index in [0.29, 0.717) is 0 Å². The number of piperazine rings is 1. The SMILES string of the molecule is ON1CCN(Cc2ccccc2)CC1.c1ccncc1. The fraction of sp³-hybridized carbons (Fsp3) is 0.312. The largest absolute Gasteiger partial charge is 0.314 e. The van der Waals surface area contributed by atoms with Gasteiger partial charge >= 0.3 is 0 Å². The second kappa shape index (κ2) is 8.43. The molecule has 1 aromatic carbocycles. The van der Waals surface area contributed by atoms with Gasteiger partial charge in [-0.1, -0.05) is 36.4 Å². The summed E-state index contributed by atoms with van der Waals surface area (Å²) in [6.07, 6.45) is 3.50. The lowest BCUT2D eigenvalue weighted by Crippen LogP contribution is -2.44. The lowest BCUT2D eigenvalue weighted by Gasteiger charge is -2.30. The monoisotopic (exact) mass is 271 g/mol. The highest BCUT2D eigenvalue weighted by Gasteiger charge is 2.14. The Balaban J connectivity index is 0.000000205. The molecule has 0 aliphatic carbocycles. The molecule has 1 aromatic heterocycles. The number of hydrogen-bond donors (Lipinski definition) is 1. The predicted molar refractivity (Wildman–Crippen MR) is 79.3 cm³/mol. The number of benzene rings is 1. The van der Waals surface area contributed by atoms with Crippen molar-refractivity contribution in [2.75, 3.05) is 26.2 Å². The molecule has 4 nitrogen and oxygen atoms in total. The van der Waals surface area contributed by atoms with Crippen LogP contribution in [-0.2, 0) is 6.54 Å². The minimum absolute atomic E-state index is 0.757. The van der Waals surface area contributed by atoms with Crippen LogP contribution in [0.3, 0.4) is 0 Å². The van der Waals surface area contributed by atoms with Crippen LogP contribution in [0, 0.1) is 0 Å². The van der Waals surface area contributed by atoms with Crippen LogP contribution >= 0.6 is 0 Å². The zero-order chi connectivity index (χ0) is 14.0. The molecule has 1 saturated heterocycles. The van der Waals surface area contributed by atoms with Gasteiger partial charge in [0.15, 0.2) is 0 Å². The molecule has 2 aromatic rings. The van der Waals surface area contributed by atoms with Crippen LogP contribution in [0.2, 0.25) is 0 Å². The van der Waals surface area contributed by atoms with Crippen molar-refractivity contribution in [3.8, 4) is 0 Å². The maximum Gasteiger partial charge on any atom is 0.0366 e. The first-order chi connectivity index (χ1) is 9.84. The van der Waals surface area contributed by atoms with Gasteiger partial charge in [0.25, 0.3) is 0 Å². The molecule has 2 heterocycles. The number of nitrogens with zero attached hydrogens (tertiary/aromatic N) is 3. The summed E-state index contributed by atoms with van der Waals surface area (Å²) in [5, 5.41) is 10.6. The van der Waals surface area contributed by atoms with Gasteiger partial charge in [0.05, 0.1) is 0 Å². The second-order valence-electron chi connectivity index (χ2n) is 4.74. The Morgan fingerprint density at radius 3 is 1.95 bits per heavy atom. The van der Waals surface area contributed by atoms with Gasteiger partial charge in [-0.15, -0.1) is 0 Å². The predicted octanol–water partition coefficient (Wildman–Crippen LogP) is 2.28.